The molecule has 0 unspecified atom stereocenters. The Morgan fingerprint density at radius 1 is 1.50 bits per heavy atom. The van der Waals surface area contributed by atoms with Crippen molar-refractivity contribution in [3.63, 3.8) is 0 Å². The fourth-order valence-electron chi connectivity index (χ4n) is 0.647. The van der Waals surface area contributed by atoms with Gasteiger partial charge in [0.25, 0.3) is 5.88 Å². The Bertz CT molecular complexity index is 538. The molecule has 0 saturated carbocycles. The lowest BCUT2D eigenvalue weighted by molar-refractivity contribution is 0.380. The molecule has 0 aromatic carbocycles. The number of hydrogen-bond donors (Lipinski definition) is 2. The van der Waals surface area contributed by atoms with Crippen LogP contribution >= 0.6 is 11.6 Å². The Hall–Kier alpha value is -1.63. The summed E-state index contributed by atoms with van der Waals surface area (Å²) in [5.41, 5.74) is 4.93. The van der Waals surface area contributed by atoms with Crippen LogP contribution in [0.3, 0.4) is 0 Å². The highest BCUT2D eigenvalue weighted by Gasteiger charge is 2.16. The molecule has 1 heterocycles. The molecule has 1 rings (SSSR count). The van der Waals surface area contributed by atoms with Crippen molar-refractivity contribution in [1.29, 1.82) is 5.26 Å². The van der Waals surface area contributed by atoms with Crippen molar-refractivity contribution >= 4 is 27.8 Å². The van der Waals surface area contributed by atoms with Gasteiger partial charge in [-0.1, -0.05) is 19.0 Å². The number of hydrogen-bond acceptors (Lipinski definition) is 7. The smallest absolute Gasteiger partial charge is 0.381 e. The third-order valence-corrected chi connectivity index (χ3v) is 1.76. The zero-order chi connectivity index (χ0) is 11.6. The Morgan fingerprint density at radius 2 is 2.06 bits per heavy atom. The number of nitrogen functional groups attached to an aromatic ring is 1. The lowest BCUT2D eigenvalue weighted by Gasteiger charge is -2.03. The normalized spacial score (nSPS) is 10.1. The van der Waals surface area contributed by atoms with E-state index in [0.717, 1.165) is 0 Å². The summed E-state index contributed by atoms with van der Waals surface area (Å²) < 4.78 is 32.9. The van der Waals surface area contributed by atoms with Crippen LogP contribution in [0.15, 0.2) is 0 Å². The molecule has 0 radical (unpaired) electrons. The van der Waals surface area contributed by atoms with Crippen LogP contribution in [0.5, 0.6) is 5.88 Å². The SMILES string of the molecule is C.N#Cc1nc(Cl)c(OS(=O)(=O)O)nc1N. The zero-order valence-electron chi connectivity index (χ0n) is 6.88. The number of nitriles is 1. The van der Waals surface area contributed by atoms with Gasteiger partial charge in [0, 0.05) is 0 Å². The highest BCUT2D eigenvalue weighted by atomic mass is 35.5. The largest absolute Gasteiger partial charge is 0.448 e. The first-order valence-corrected chi connectivity index (χ1v) is 4.98. The van der Waals surface area contributed by atoms with Gasteiger partial charge in [0.1, 0.15) is 6.07 Å². The molecule has 0 amide bonds. The van der Waals surface area contributed by atoms with Gasteiger partial charge in [-0.3, -0.25) is 4.55 Å². The van der Waals surface area contributed by atoms with Crippen LogP contribution in [0.25, 0.3) is 0 Å². The minimum atomic E-state index is -4.76. The van der Waals surface area contributed by atoms with Crippen molar-refractivity contribution in [3.8, 4) is 11.9 Å². The fraction of sp³-hybridized carbons (Fsp3) is 0.167. The van der Waals surface area contributed by atoms with Gasteiger partial charge in [-0.2, -0.15) is 18.7 Å². The molecule has 1 aromatic heterocycles. The molecule has 10 heteroatoms. The van der Waals surface area contributed by atoms with Crippen molar-refractivity contribution in [2.24, 2.45) is 0 Å². The Kier molecular flexibility index (Phi) is 4.43. The fourth-order valence-corrected chi connectivity index (χ4v) is 1.17. The van der Waals surface area contributed by atoms with Crippen molar-refractivity contribution < 1.29 is 17.2 Å². The maximum Gasteiger partial charge on any atom is 0.448 e. The van der Waals surface area contributed by atoms with Crippen LogP contribution in [0, 0.1) is 11.3 Å². The van der Waals surface area contributed by atoms with Gasteiger partial charge in [0.2, 0.25) is 0 Å². The number of nitrogens with two attached hydrogens (primary N) is 1. The number of rotatable bonds is 2. The first kappa shape index (κ1) is 14.4. The number of aromatic nitrogens is 2. The topological polar surface area (TPSA) is 139 Å². The van der Waals surface area contributed by atoms with Gasteiger partial charge in [-0.15, -0.1) is 0 Å². The van der Waals surface area contributed by atoms with E-state index in [1.165, 1.54) is 0 Å². The molecule has 0 bridgehead atoms. The Balaban J connectivity index is 0.00000225. The molecule has 16 heavy (non-hydrogen) atoms. The van der Waals surface area contributed by atoms with Gasteiger partial charge < -0.3 is 9.92 Å². The van der Waals surface area contributed by atoms with E-state index in [4.69, 9.17) is 27.1 Å². The second-order valence-corrected chi connectivity index (χ2v) is 3.56. The standard InChI is InChI=1S/C5H3ClN4O4S.CH4/c6-3-5(14-15(11,12)13)10-4(8)2(1-7)9-3;/h(H2,8,10)(H,11,12,13);1H4. The minimum absolute atomic E-state index is 0. The van der Waals surface area contributed by atoms with E-state index in [1.807, 2.05) is 0 Å². The molecular weight excluding hydrogens is 260 g/mol. The molecule has 0 saturated heterocycles. The van der Waals surface area contributed by atoms with E-state index in [2.05, 4.69) is 14.2 Å². The van der Waals surface area contributed by atoms with Crippen molar-refractivity contribution in [3.05, 3.63) is 10.8 Å². The summed E-state index contributed by atoms with van der Waals surface area (Å²) in [6.45, 7) is 0. The van der Waals surface area contributed by atoms with E-state index in [1.54, 1.807) is 6.07 Å². The van der Waals surface area contributed by atoms with Crippen LogP contribution in [-0.4, -0.2) is 22.9 Å². The van der Waals surface area contributed by atoms with Crippen molar-refractivity contribution in [2.45, 2.75) is 7.43 Å². The van der Waals surface area contributed by atoms with Crippen molar-refractivity contribution in [2.75, 3.05) is 5.73 Å². The Morgan fingerprint density at radius 3 is 2.50 bits per heavy atom. The van der Waals surface area contributed by atoms with E-state index < -0.39 is 21.4 Å². The van der Waals surface area contributed by atoms with E-state index in [0.29, 0.717) is 0 Å². The lowest BCUT2D eigenvalue weighted by atomic mass is 10.4. The monoisotopic (exact) mass is 266 g/mol. The summed E-state index contributed by atoms with van der Waals surface area (Å²) in [5.74, 6) is -1.06. The average molecular weight is 267 g/mol. The quantitative estimate of drug-likeness (QED) is 0.733. The zero-order valence-corrected chi connectivity index (χ0v) is 8.45. The van der Waals surface area contributed by atoms with Crippen LogP contribution < -0.4 is 9.92 Å². The van der Waals surface area contributed by atoms with Crippen LogP contribution in [0.4, 0.5) is 5.82 Å². The molecule has 0 aliphatic heterocycles. The predicted octanol–water partition coefficient (Wildman–Crippen LogP) is 0.402. The highest BCUT2D eigenvalue weighted by Crippen LogP contribution is 2.23. The molecule has 0 aliphatic rings. The average Bonchev–Trinajstić information content (AvgIpc) is 2.08. The number of nitrogens with zero attached hydrogens (tertiary/aromatic N) is 3. The van der Waals surface area contributed by atoms with Crippen LogP contribution in [-0.2, 0) is 10.4 Å². The second-order valence-electron chi connectivity index (χ2n) is 2.18. The van der Waals surface area contributed by atoms with Gasteiger partial charge in [0.05, 0.1) is 0 Å². The molecule has 0 fully saturated rings. The van der Waals surface area contributed by atoms with Crippen LogP contribution in [0.2, 0.25) is 5.15 Å². The molecule has 8 nitrogen and oxygen atoms in total. The van der Waals surface area contributed by atoms with E-state index >= 15 is 0 Å². The summed E-state index contributed by atoms with van der Waals surface area (Å²) in [5, 5.41) is 7.97. The van der Waals surface area contributed by atoms with Gasteiger partial charge in [-0.05, 0) is 0 Å². The maximum atomic E-state index is 10.3. The van der Waals surface area contributed by atoms with Crippen molar-refractivity contribution in [1.82, 2.24) is 9.97 Å². The lowest BCUT2D eigenvalue weighted by Crippen LogP contribution is -2.10. The van der Waals surface area contributed by atoms with Crippen LogP contribution in [0.1, 0.15) is 13.1 Å². The summed E-state index contributed by atoms with van der Waals surface area (Å²) in [6, 6.07) is 1.58. The van der Waals surface area contributed by atoms with Gasteiger partial charge in [-0.25, -0.2) is 4.98 Å². The molecule has 0 spiro atoms. The third-order valence-electron chi connectivity index (χ3n) is 1.14. The van der Waals surface area contributed by atoms with Gasteiger partial charge in [0.15, 0.2) is 16.7 Å². The van der Waals surface area contributed by atoms with E-state index in [9.17, 15) is 8.42 Å². The number of halogens is 1. The number of anilines is 1. The minimum Gasteiger partial charge on any atom is -0.381 e. The molecule has 0 aliphatic carbocycles. The summed E-state index contributed by atoms with van der Waals surface area (Å²) >= 11 is 5.41. The first-order valence-electron chi connectivity index (χ1n) is 3.23. The van der Waals surface area contributed by atoms with E-state index in [-0.39, 0.29) is 18.9 Å². The van der Waals surface area contributed by atoms with Gasteiger partial charge >= 0.3 is 10.4 Å². The third kappa shape index (κ3) is 3.50. The summed E-state index contributed by atoms with van der Waals surface area (Å²) in [6.07, 6.45) is 0. The highest BCUT2D eigenvalue weighted by molar-refractivity contribution is 7.81. The molecule has 0 atom stereocenters. The molecule has 3 N–H and O–H groups in total. The summed E-state index contributed by atoms with van der Waals surface area (Å²) in [4.78, 5) is 6.72. The second kappa shape index (κ2) is 4.93. The summed E-state index contributed by atoms with van der Waals surface area (Å²) in [7, 11) is -4.76. The first-order chi connectivity index (χ1) is 6.83. The maximum absolute atomic E-state index is 10.3. The molecular formula is C6H7ClN4O4S. The molecule has 1 aromatic rings. The molecule has 88 valence electrons. The predicted molar refractivity (Wildman–Crippen MR) is 55.1 cm³/mol. The Labute approximate surface area is 96.6 Å².